The van der Waals surface area contributed by atoms with Crippen molar-refractivity contribution in [2.75, 3.05) is 19.7 Å². The smallest absolute Gasteiger partial charge is 0.337 e. The summed E-state index contributed by atoms with van der Waals surface area (Å²) in [6.45, 7) is 3.05. The number of rotatable bonds is 7. The van der Waals surface area contributed by atoms with Crippen LogP contribution in [-0.4, -0.2) is 48.6 Å². The highest BCUT2D eigenvalue weighted by Gasteiger charge is 2.24. The minimum absolute atomic E-state index is 0.0290. The van der Waals surface area contributed by atoms with Crippen molar-refractivity contribution in [1.29, 1.82) is 0 Å². The minimum Gasteiger partial charge on any atom is -0.478 e. The summed E-state index contributed by atoms with van der Waals surface area (Å²) in [5, 5.41) is 17.6. The Kier molecular flexibility index (Phi) is 5.70. The number of halogens is 1. The third-order valence-corrected chi connectivity index (χ3v) is 4.66. The Balaban J connectivity index is 3.24. The zero-order chi connectivity index (χ0) is 15.3. The lowest BCUT2D eigenvalue weighted by molar-refractivity contribution is 0.0697. The topological polar surface area (TPSA) is 94.9 Å². The number of aromatic carboxylic acids is 1. The van der Waals surface area contributed by atoms with Crippen LogP contribution < -0.4 is 0 Å². The van der Waals surface area contributed by atoms with E-state index in [2.05, 4.69) is 6.58 Å². The van der Waals surface area contributed by atoms with Gasteiger partial charge in [0.1, 0.15) is 0 Å². The lowest BCUT2D eigenvalue weighted by Crippen LogP contribution is -2.33. The van der Waals surface area contributed by atoms with Crippen LogP contribution in [0.1, 0.15) is 10.4 Å². The van der Waals surface area contributed by atoms with Crippen LogP contribution >= 0.6 is 11.6 Å². The lowest BCUT2D eigenvalue weighted by Gasteiger charge is -2.19. The van der Waals surface area contributed by atoms with Crippen LogP contribution in [0.15, 0.2) is 35.7 Å². The van der Waals surface area contributed by atoms with Crippen molar-refractivity contribution in [2.45, 2.75) is 4.90 Å². The monoisotopic (exact) mass is 319 g/mol. The summed E-state index contributed by atoms with van der Waals surface area (Å²) in [5.74, 6) is -1.24. The standard InChI is InChI=1S/C12H14ClNO5S/c1-2-5-14(6-7-15)20(18,19)9-3-4-10(12(16)17)11(13)8-9/h2-4,8,15H,1,5-7H2,(H,16,17). The Morgan fingerprint density at radius 1 is 1.45 bits per heavy atom. The Morgan fingerprint density at radius 3 is 2.55 bits per heavy atom. The molecule has 0 radical (unpaired) electrons. The van der Waals surface area contributed by atoms with Gasteiger partial charge in [0.05, 0.1) is 22.1 Å². The molecule has 0 saturated carbocycles. The number of sulfonamides is 1. The van der Waals surface area contributed by atoms with Crippen molar-refractivity contribution in [1.82, 2.24) is 4.31 Å². The number of hydrogen-bond acceptors (Lipinski definition) is 4. The quantitative estimate of drug-likeness (QED) is 0.737. The molecule has 0 amide bonds. The first-order valence-corrected chi connectivity index (χ1v) is 7.41. The summed E-state index contributed by atoms with van der Waals surface area (Å²) in [4.78, 5) is 10.7. The second-order valence-electron chi connectivity index (χ2n) is 3.82. The van der Waals surface area contributed by atoms with Gasteiger partial charge in [-0.3, -0.25) is 0 Å². The Bertz CT molecular complexity index is 614. The predicted molar refractivity (Wildman–Crippen MR) is 74.5 cm³/mol. The van der Waals surface area contributed by atoms with Crippen molar-refractivity contribution in [2.24, 2.45) is 0 Å². The third kappa shape index (κ3) is 3.57. The molecule has 0 bridgehead atoms. The van der Waals surface area contributed by atoms with Crippen LogP contribution in [0.25, 0.3) is 0 Å². The maximum atomic E-state index is 12.3. The highest BCUT2D eigenvalue weighted by molar-refractivity contribution is 7.89. The van der Waals surface area contributed by atoms with Gasteiger partial charge in [-0.2, -0.15) is 4.31 Å². The summed E-state index contributed by atoms with van der Waals surface area (Å²) in [5.41, 5.74) is -0.178. The molecule has 20 heavy (non-hydrogen) atoms. The normalized spacial score (nSPS) is 11.6. The largest absolute Gasteiger partial charge is 0.478 e. The fourth-order valence-electron chi connectivity index (χ4n) is 1.54. The van der Waals surface area contributed by atoms with Crippen LogP contribution in [0.5, 0.6) is 0 Å². The molecule has 1 aromatic carbocycles. The number of aliphatic hydroxyl groups is 1. The van der Waals surface area contributed by atoms with Gasteiger partial charge in [0.25, 0.3) is 0 Å². The van der Waals surface area contributed by atoms with Crippen LogP contribution in [0.2, 0.25) is 5.02 Å². The zero-order valence-electron chi connectivity index (χ0n) is 10.5. The maximum absolute atomic E-state index is 12.3. The number of nitrogens with zero attached hydrogens (tertiary/aromatic N) is 1. The zero-order valence-corrected chi connectivity index (χ0v) is 12.1. The van der Waals surface area contributed by atoms with Crippen LogP contribution in [-0.2, 0) is 10.0 Å². The van der Waals surface area contributed by atoms with Gasteiger partial charge in [-0.25, -0.2) is 13.2 Å². The molecule has 2 N–H and O–H groups in total. The fraction of sp³-hybridized carbons (Fsp3) is 0.250. The number of benzene rings is 1. The van der Waals surface area contributed by atoms with Crippen LogP contribution in [0.4, 0.5) is 0 Å². The summed E-state index contributed by atoms with van der Waals surface area (Å²) in [6.07, 6.45) is 1.39. The number of carboxylic acid groups (broad SMARTS) is 1. The van der Waals surface area contributed by atoms with Crippen molar-refractivity contribution in [3.63, 3.8) is 0 Å². The molecule has 1 aromatic rings. The summed E-state index contributed by atoms with van der Waals surface area (Å²) in [6, 6.07) is 3.37. The Morgan fingerprint density at radius 2 is 2.10 bits per heavy atom. The molecular formula is C12H14ClNO5S. The fourth-order valence-corrected chi connectivity index (χ4v) is 3.30. The molecule has 0 spiro atoms. The highest BCUT2D eigenvalue weighted by Crippen LogP contribution is 2.23. The second-order valence-corrected chi connectivity index (χ2v) is 6.17. The molecule has 110 valence electrons. The molecule has 0 aliphatic heterocycles. The van der Waals surface area contributed by atoms with Gasteiger partial charge in [0.15, 0.2) is 0 Å². The number of carboxylic acids is 1. The van der Waals surface area contributed by atoms with E-state index in [1.54, 1.807) is 0 Å². The van der Waals surface area contributed by atoms with E-state index < -0.39 is 16.0 Å². The second kappa shape index (κ2) is 6.85. The average molecular weight is 320 g/mol. The minimum atomic E-state index is -3.87. The predicted octanol–water partition coefficient (Wildman–Crippen LogP) is 1.21. The van der Waals surface area contributed by atoms with E-state index in [1.807, 2.05) is 0 Å². The third-order valence-electron chi connectivity index (χ3n) is 2.49. The maximum Gasteiger partial charge on any atom is 0.337 e. The molecule has 0 atom stereocenters. The molecule has 0 aliphatic rings. The van der Waals surface area contributed by atoms with Crippen molar-refractivity contribution in [3.8, 4) is 0 Å². The summed E-state index contributed by atoms with van der Waals surface area (Å²) in [7, 11) is -3.87. The summed E-state index contributed by atoms with van der Waals surface area (Å²) >= 11 is 5.76. The first-order valence-electron chi connectivity index (χ1n) is 5.59. The Labute approximate surface area is 122 Å². The van der Waals surface area contributed by atoms with E-state index in [0.29, 0.717) is 0 Å². The van der Waals surface area contributed by atoms with Crippen molar-refractivity contribution >= 4 is 27.6 Å². The van der Waals surface area contributed by atoms with Crippen molar-refractivity contribution in [3.05, 3.63) is 41.4 Å². The first kappa shape index (κ1) is 16.6. The van der Waals surface area contributed by atoms with E-state index in [4.69, 9.17) is 21.8 Å². The van der Waals surface area contributed by atoms with Gasteiger partial charge in [0.2, 0.25) is 10.0 Å². The van der Waals surface area contributed by atoms with Gasteiger partial charge in [-0.15, -0.1) is 6.58 Å². The van der Waals surface area contributed by atoms with E-state index in [-0.39, 0.29) is 35.2 Å². The molecule has 6 nitrogen and oxygen atoms in total. The van der Waals surface area contributed by atoms with E-state index in [9.17, 15) is 13.2 Å². The lowest BCUT2D eigenvalue weighted by atomic mass is 10.2. The molecular weight excluding hydrogens is 306 g/mol. The number of aliphatic hydroxyl groups excluding tert-OH is 1. The SMILES string of the molecule is C=CCN(CCO)S(=O)(=O)c1ccc(C(=O)O)c(Cl)c1. The molecule has 0 aliphatic carbocycles. The molecule has 1 rings (SSSR count). The molecule has 0 fully saturated rings. The first-order chi connectivity index (χ1) is 9.34. The molecule has 0 unspecified atom stereocenters. The van der Waals surface area contributed by atoms with Gasteiger partial charge < -0.3 is 10.2 Å². The van der Waals surface area contributed by atoms with E-state index >= 15 is 0 Å². The molecule has 0 aromatic heterocycles. The Hall–Kier alpha value is -1.41. The summed E-state index contributed by atoms with van der Waals surface area (Å²) < 4.78 is 25.6. The average Bonchev–Trinajstić information content (AvgIpc) is 2.37. The van der Waals surface area contributed by atoms with Crippen molar-refractivity contribution < 1.29 is 23.4 Å². The highest BCUT2D eigenvalue weighted by atomic mass is 35.5. The van der Waals surface area contributed by atoms with Gasteiger partial charge in [-0.05, 0) is 18.2 Å². The molecule has 0 heterocycles. The molecule has 0 saturated heterocycles. The molecule has 8 heteroatoms. The van der Waals surface area contributed by atoms with Crippen LogP contribution in [0, 0.1) is 0 Å². The van der Waals surface area contributed by atoms with Crippen LogP contribution in [0.3, 0.4) is 0 Å². The van der Waals surface area contributed by atoms with E-state index in [0.717, 1.165) is 22.5 Å². The van der Waals surface area contributed by atoms with Gasteiger partial charge in [-0.1, -0.05) is 17.7 Å². The van der Waals surface area contributed by atoms with E-state index in [1.165, 1.54) is 6.08 Å². The van der Waals surface area contributed by atoms with Gasteiger partial charge >= 0.3 is 5.97 Å². The number of carbonyl (C=O) groups is 1. The number of hydrogen-bond donors (Lipinski definition) is 2. The van der Waals surface area contributed by atoms with Gasteiger partial charge in [0, 0.05) is 13.1 Å².